The Labute approximate surface area is 192 Å². The van der Waals surface area contributed by atoms with Crippen molar-refractivity contribution in [1.82, 2.24) is 13.9 Å². The molecule has 11 heteroatoms. The molecule has 0 aliphatic heterocycles. The number of halogens is 4. The molecule has 0 atom stereocenters. The van der Waals surface area contributed by atoms with E-state index >= 15 is 0 Å². The Bertz CT molecular complexity index is 1210. The third-order valence-corrected chi connectivity index (χ3v) is 6.49. The predicted octanol–water partition coefficient (Wildman–Crippen LogP) is 4.06. The van der Waals surface area contributed by atoms with Crippen LogP contribution in [-0.4, -0.2) is 42.9 Å². The third kappa shape index (κ3) is 5.24. The summed E-state index contributed by atoms with van der Waals surface area (Å²) in [4.78, 5) is 4.09. The minimum Gasteiger partial charge on any atom is -0.337 e. The zero-order valence-electron chi connectivity index (χ0n) is 17.2. The highest BCUT2D eigenvalue weighted by Gasteiger charge is 2.21. The maximum absolute atomic E-state index is 14.2. The van der Waals surface area contributed by atoms with E-state index in [1.807, 2.05) is 0 Å². The molecule has 31 heavy (non-hydrogen) atoms. The maximum Gasteiger partial charge on any atom is 0.244 e. The molecule has 0 radical (unpaired) electrons. The molecular formula is C20H24Cl2F2N4O2S. The Morgan fingerprint density at radius 1 is 1.23 bits per heavy atom. The number of sulfonamides is 1. The molecule has 2 heterocycles. The van der Waals surface area contributed by atoms with Gasteiger partial charge in [-0.05, 0) is 37.3 Å². The van der Waals surface area contributed by atoms with E-state index in [4.69, 9.17) is 5.73 Å². The largest absolute Gasteiger partial charge is 0.337 e. The average molecular weight is 493 g/mol. The summed E-state index contributed by atoms with van der Waals surface area (Å²) >= 11 is 0. The number of hydrogen-bond acceptors (Lipinski definition) is 4. The molecule has 170 valence electrons. The van der Waals surface area contributed by atoms with E-state index in [1.165, 1.54) is 50.8 Å². The van der Waals surface area contributed by atoms with Gasteiger partial charge in [0.1, 0.15) is 16.5 Å². The lowest BCUT2D eigenvalue weighted by atomic mass is 10.0. The summed E-state index contributed by atoms with van der Waals surface area (Å²) in [7, 11) is -0.831. The molecule has 0 unspecified atom stereocenters. The first-order valence-corrected chi connectivity index (χ1v) is 10.3. The molecular weight excluding hydrogens is 469 g/mol. The second-order valence-corrected chi connectivity index (χ2v) is 8.94. The fourth-order valence-corrected chi connectivity index (χ4v) is 4.17. The molecule has 0 bridgehead atoms. The fraction of sp³-hybridized carbons (Fsp3) is 0.250. The van der Waals surface area contributed by atoms with Crippen LogP contribution in [0.15, 0.2) is 53.5 Å². The van der Waals surface area contributed by atoms with Crippen LogP contribution < -0.4 is 5.73 Å². The number of allylic oxidation sites excluding steroid dienone is 1. The Hall–Kier alpha value is -2.04. The van der Waals surface area contributed by atoms with Gasteiger partial charge >= 0.3 is 0 Å². The van der Waals surface area contributed by atoms with E-state index in [1.54, 1.807) is 17.6 Å². The van der Waals surface area contributed by atoms with Crippen LogP contribution in [0.2, 0.25) is 0 Å². The summed E-state index contributed by atoms with van der Waals surface area (Å²) in [5.74, 6) is -0.857. The lowest BCUT2D eigenvalue weighted by molar-refractivity contribution is 0.520. The highest BCUT2D eigenvalue weighted by Crippen LogP contribution is 2.36. The predicted molar refractivity (Wildman–Crippen MR) is 123 cm³/mol. The first-order chi connectivity index (χ1) is 13.7. The van der Waals surface area contributed by atoms with Gasteiger partial charge in [-0.25, -0.2) is 21.5 Å². The number of nitrogens with two attached hydrogens (primary N) is 1. The van der Waals surface area contributed by atoms with E-state index in [-0.39, 0.29) is 42.8 Å². The first kappa shape index (κ1) is 27.0. The number of pyridine rings is 1. The van der Waals surface area contributed by atoms with Crippen molar-refractivity contribution < 1.29 is 17.2 Å². The molecule has 3 rings (SSSR count). The van der Waals surface area contributed by atoms with E-state index in [2.05, 4.69) is 4.98 Å². The van der Waals surface area contributed by atoms with Gasteiger partial charge in [-0.1, -0.05) is 0 Å². The van der Waals surface area contributed by atoms with Gasteiger partial charge in [-0.15, -0.1) is 24.8 Å². The number of benzene rings is 1. The van der Waals surface area contributed by atoms with Crippen molar-refractivity contribution >= 4 is 45.7 Å². The topological polar surface area (TPSA) is 81.2 Å². The van der Waals surface area contributed by atoms with Gasteiger partial charge in [0.05, 0.1) is 6.54 Å². The van der Waals surface area contributed by atoms with Gasteiger partial charge in [0, 0.05) is 60.8 Å². The quantitative estimate of drug-likeness (QED) is 0.562. The van der Waals surface area contributed by atoms with Gasteiger partial charge in [0.2, 0.25) is 10.0 Å². The van der Waals surface area contributed by atoms with Crippen molar-refractivity contribution in [3.8, 4) is 11.1 Å². The van der Waals surface area contributed by atoms with Crippen LogP contribution >= 0.6 is 24.8 Å². The molecule has 0 spiro atoms. The van der Waals surface area contributed by atoms with Crippen LogP contribution in [0.4, 0.5) is 8.78 Å². The minimum absolute atomic E-state index is 0. The zero-order valence-corrected chi connectivity index (χ0v) is 19.6. The molecule has 0 amide bonds. The molecule has 3 aromatic rings. The molecule has 0 aliphatic carbocycles. The molecule has 6 nitrogen and oxygen atoms in total. The van der Waals surface area contributed by atoms with Gasteiger partial charge in [0.15, 0.2) is 0 Å². The lowest BCUT2D eigenvalue weighted by Gasteiger charge is -2.12. The van der Waals surface area contributed by atoms with Crippen molar-refractivity contribution in [3.05, 3.63) is 60.1 Å². The monoisotopic (exact) mass is 492 g/mol. The number of fused-ring (bicyclic) bond motifs is 1. The average Bonchev–Trinajstić information content (AvgIpc) is 2.92. The maximum atomic E-state index is 14.2. The third-order valence-electron chi connectivity index (χ3n) is 4.71. The summed E-state index contributed by atoms with van der Waals surface area (Å²) in [6.07, 6.45) is 4.05. The van der Waals surface area contributed by atoms with Crippen LogP contribution in [0.1, 0.15) is 5.69 Å². The SMILES string of the molecule is Cc1c(-c2cncc(S(=O)(=O)N(C)C)c2)c2cc(F)ccc2n1CC(F)=CCN.Cl.Cl. The van der Waals surface area contributed by atoms with Gasteiger partial charge < -0.3 is 10.3 Å². The molecule has 0 aliphatic rings. The Kier molecular flexibility index (Phi) is 9.16. The van der Waals surface area contributed by atoms with Crippen molar-refractivity contribution in [2.45, 2.75) is 18.4 Å². The molecule has 2 N–H and O–H groups in total. The van der Waals surface area contributed by atoms with Crippen LogP contribution in [0.5, 0.6) is 0 Å². The van der Waals surface area contributed by atoms with Crippen LogP contribution in [-0.2, 0) is 16.6 Å². The van der Waals surface area contributed by atoms with Gasteiger partial charge in [0.25, 0.3) is 0 Å². The molecule has 0 fully saturated rings. The van der Waals surface area contributed by atoms with Gasteiger partial charge in [-0.3, -0.25) is 4.98 Å². The van der Waals surface area contributed by atoms with Crippen molar-refractivity contribution in [2.75, 3.05) is 20.6 Å². The van der Waals surface area contributed by atoms with Gasteiger partial charge in [-0.2, -0.15) is 0 Å². The molecule has 0 saturated carbocycles. The fourth-order valence-electron chi connectivity index (χ4n) is 3.27. The number of nitrogens with zero attached hydrogens (tertiary/aromatic N) is 3. The number of hydrogen-bond donors (Lipinski definition) is 1. The highest BCUT2D eigenvalue weighted by molar-refractivity contribution is 7.89. The van der Waals surface area contributed by atoms with E-state index in [9.17, 15) is 17.2 Å². The van der Waals surface area contributed by atoms with E-state index < -0.39 is 21.7 Å². The van der Waals surface area contributed by atoms with Crippen LogP contribution in [0, 0.1) is 12.7 Å². The van der Waals surface area contributed by atoms with Crippen LogP contribution in [0.3, 0.4) is 0 Å². The lowest BCUT2D eigenvalue weighted by Crippen LogP contribution is -2.22. The van der Waals surface area contributed by atoms with E-state index in [0.29, 0.717) is 27.7 Å². The zero-order chi connectivity index (χ0) is 21.3. The summed E-state index contributed by atoms with van der Waals surface area (Å²) in [6.45, 7) is 1.78. The van der Waals surface area contributed by atoms with E-state index in [0.717, 1.165) is 4.31 Å². The summed E-state index contributed by atoms with van der Waals surface area (Å²) in [5, 5.41) is 0.546. The molecule has 0 saturated heterocycles. The summed E-state index contributed by atoms with van der Waals surface area (Å²) < 4.78 is 56.0. The smallest absolute Gasteiger partial charge is 0.244 e. The number of aromatic nitrogens is 2. The van der Waals surface area contributed by atoms with Crippen molar-refractivity contribution in [1.29, 1.82) is 0 Å². The van der Waals surface area contributed by atoms with Crippen molar-refractivity contribution in [2.24, 2.45) is 5.73 Å². The normalized spacial score (nSPS) is 12.0. The highest BCUT2D eigenvalue weighted by atomic mass is 35.5. The minimum atomic E-state index is -3.69. The Morgan fingerprint density at radius 3 is 2.52 bits per heavy atom. The molecule has 1 aromatic carbocycles. The summed E-state index contributed by atoms with van der Waals surface area (Å²) in [5.41, 5.74) is 7.78. The summed E-state index contributed by atoms with van der Waals surface area (Å²) in [6, 6.07) is 5.72. The molecule has 2 aromatic heterocycles. The second kappa shape index (κ2) is 10.5. The Balaban J connectivity index is 0.00000240. The van der Waals surface area contributed by atoms with Crippen LogP contribution in [0.25, 0.3) is 22.0 Å². The number of rotatable bonds is 6. The first-order valence-electron chi connectivity index (χ1n) is 8.87. The van der Waals surface area contributed by atoms with Crippen molar-refractivity contribution in [3.63, 3.8) is 0 Å². The second-order valence-electron chi connectivity index (χ2n) is 6.79. The Morgan fingerprint density at radius 2 is 1.90 bits per heavy atom. The standard InChI is InChI=1S/C20H22F2N4O2S.2ClH/c1-13-20(14-8-17(11-24-10-14)29(27,28)25(2)3)18-9-15(21)4-5-19(18)26(13)12-16(22)6-7-23;;/h4-6,8-11H,7,12,23H2,1-3H3;2*1H.